The Kier molecular flexibility index (Phi) is 3.92. The molecule has 0 unspecified atom stereocenters. The molecule has 1 aromatic carbocycles. The normalized spacial score (nSPS) is 14.9. The zero-order valence-electron chi connectivity index (χ0n) is 8.86. The highest BCUT2D eigenvalue weighted by molar-refractivity contribution is 5.29. The molecule has 0 aliphatic rings. The molecule has 0 aromatic heterocycles. The molecule has 0 radical (unpaired) electrons. The zero-order chi connectivity index (χ0) is 10.6. The van der Waals surface area contributed by atoms with Crippen LogP contribution < -0.4 is 10.5 Å². The molecule has 78 valence electrons. The van der Waals surface area contributed by atoms with E-state index in [1.807, 2.05) is 31.2 Å². The van der Waals surface area contributed by atoms with Crippen molar-refractivity contribution in [3.05, 3.63) is 29.8 Å². The van der Waals surface area contributed by atoms with Crippen LogP contribution in [0.15, 0.2) is 24.3 Å². The van der Waals surface area contributed by atoms with Crippen molar-refractivity contribution in [1.82, 2.24) is 0 Å². The summed E-state index contributed by atoms with van der Waals surface area (Å²) < 4.78 is 10.4. The molecule has 0 bridgehead atoms. The monoisotopic (exact) mass is 195 g/mol. The van der Waals surface area contributed by atoms with Gasteiger partial charge in [-0.05, 0) is 24.6 Å². The summed E-state index contributed by atoms with van der Waals surface area (Å²) in [5.41, 5.74) is 6.87. The maximum Gasteiger partial charge on any atom is 0.118 e. The number of nitrogens with two attached hydrogens (primary N) is 1. The van der Waals surface area contributed by atoms with E-state index in [2.05, 4.69) is 0 Å². The quantitative estimate of drug-likeness (QED) is 0.795. The molecule has 0 saturated carbocycles. The fraction of sp³-hybridized carbons (Fsp3) is 0.455. The van der Waals surface area contributed by atoms with Crippen LogP contribution in [0.5, 0.6) is 5.75 Å². The van der Waals surface area contributed by atoms with Crippen LogP contribution in [0.2, 0.25) is 0 Å². The van der Waals surface area contributed by atoms with Crippen LogP contribution in [0.25, 0.3) is 0 Å². The molecular weight excluding hydrogens is 178 g/mol. The van der Waals surface area contributed by atoms with Crippen molar-refractivity contribution in [2.45, 2.75) is 19.1 Å². The van der Waals surface area contributed by atoms with Crippen LogP contribution in [0.4, 0.5) is 0 Å². The summed E-state index contributed by atoms with van der Waals surface area (Å²) in [5, 5.41) is 0. The zero-order valence-corrected chi connectivity index (χ0v) is 8.86. The van der Waals surface area contributed by atoms with Crippen LogP contribution in [0.1, 0.15) is 18.6 Å². The maximum absolute atomic E-state index is 5.79. The molecule has 0 saturated heterocycles. The molecule has 0 spiro atoms. The second kappa shape index (κ2) is 4.98. The molecule has 0 aliphatic heterocycles. The average molecular weight is 195 g/mol. The lowest BCUT2D eigenvalue weighted by Gasteiger charge is -2.19. The SMILES string of the molecule is COc1ccc([C@@H](OC)[C@H](C)N)cc1. The third-order valence-corrected chi connectivity index (χ3v) is 2.18. The summed E-state index contributed by atoms with van der Waals surface area (Å²) in [6.07, 6.45) is -0.0547. The van der Waals surface area contributed by atoms with Gasteiger partial charge in [0.1, 0.15) is 5.75 Å². The highest BCUT2D eigenvalue weighted by Gasteiger charge is 2.14. The van der Waals surface area contributed by atoms with Gasteiger partial charge in [0.15, 0.2) is 0 Å². The molecule has 3 nitrogen and oxygen atoms in total. The van der Waals surface area contributed by atoms with Crippen molar-refractivity contribution in [1.29, 1.82) is 0 Å². The lowest BCUT2D eigenvalue weighted by molar-refractivity contribution is 0.0853. The molecule has 2 atom stereocenters. The summed E-state index contributed by atoms with van der Waals surface area (Å²) >= 11 is 0. The molecule has 2 N–H and O–H groups in total. The Morgan fingerprint density at radius 2 is 1.71 bits per heavy atom. The summed E-state index contributed by atoms with van der Waals surface area (Å²) in [7, 11) is 3.31. The first-order valence-electron chi connectivity index (χ1n) is 4.61. The number of hydrogen-bond donors (Lipinski definition) is 1. The molecule has 0 fully saturated rings. The molecule has 0 amide bonds. The van der Waals surface area contributed by atoms with Gasteiger partial charge in [-0.2, -0.15) is 0 Å². The summed E-state index contributed by atoms with van der Waals surface area (Å²) in [4.78, 5) is 0. The van der Waals surface area contributed by atoms with E-state index in [9.17, 15) is 0 Å². The fourth-order valence-electron chi connectivity index (χ4n) is 1.45. The first-order valence-corrected chi connectivity index (χ1v) is 4.61. The Morgan fingerprint density at radius 1 is 1.14 bits per heavy atom. The van der Waals surface area contributed by atoms with Crippen LogP contribution in [-0.2, 0) is 4.74 Å². The van der Waals surface area contributed by atoms with Crippen LogP contribution in [-0.4, -0.2) is 20.3 Å². The minimum Gasteiger partial charge on any atom is -0.497 e. The van der Waals surface area contributed by atoms with Crippen LogP contribution >= 0.6 is 0 Å². The van der Waals surface area contributed by atoms with Gasteiger partial charge in [0.25, 0.3) is 0 Å². The van der Waals surface area contributed by atoms with E-state index in [0.717, 1.165) is 11.3 Å². The topological polar surface area (TPSA) is 44.5 Å². The Morgan fingerprint density at radius 3 is 2.07 bits per heavy atom. The third kappa shape index (κ3) is 2.47. The van der Waals surface area contributed by atoms with Crippen molar-refractivity contribution >= 4 is 0 Å². The molecular formula is C11H17NO2. The highest BCUT2D eigenvalue weighted by atomic mass is 16.5. The lowest BCUT2D eigenvalue weighted by atomic mass is 10.0. The number of methoxy groups -OCH3 is 2. The van der Waals surface area contributed by atoms with Gasteiger partial charge < -0.3 is 15.2 Å². The summed E-state index contributed by atoms with van der Waals surface area (Å²) in [5.74, 6) is 0.841. The Bertz CT molecular complexity index is 269. The van der Waals surface area contributed by atoms with Gasteiger partial charge in [0.05, 0.1) is 13.2 Å². The number of rotatable bonds is 4. The van der Waals surface area contributed by atoms with Gasteiger partial charge in [0, 0.05) is 13.2 Å². The smallest absolute Gasteiger partial charge is 0.118 e. The average Bonchev–Trinajstić information content (AvgIpc) is 2.19. The van der Waals surface area contributed by atoms with Crippen molar-refractivity contribution in [2.24, 2.45) is 5.73 Å². The van der Waals surface area contributed by atoms with E-state index in [1.54, 1.807) is 14.2 Å². The van der Waals surface area contributed by atoms with Gasteiger partial charge in [-0.3, -0.25) is 0 Å². The van der Waals surface area contributed by atoms with Crippen LogP contribution in [0.3, 0.4) is 0 Å². The Labute approximate surface area is 84.8 Å². The van der Waals surface area contributed by atoms with Crippen LogP contribution in [0, 0.1) is 0 Å². The van der Waals surface area contributed by atoms with E-state index in [0.29, 0.717) is 0 Å². The van der Waals surface area contributed by atoms with Gasteiger partial charge in [-0.1, -0.05) is 12.1 Å². The molecule has 1 aromatic rings. The van der Waals surface area contributed by atoms with Crippen molar-refractivity contribution in [3.63, 3.8) is 0 Å². The number of benzene rings is 1. The Hall–Kier alpha value is -1.06. The minimum atomic E-state index is -0.0547. The van der Waals surface area contributed by atoms with E-state index in [-0.39, 0.29) is 12.1 Å². The minimum absolute atomic E-state index is 0.0200. The summed E-state index contributed by atoms with van der Waals surface area (Å²) in [6.45, 7) is 1.93. The van der Waals surface area contributed by atoms with Crippen molar-refractivity contribution in [2.75, 3.05) is 14.2 Å². The van der Waals surface area contributed by atoms with Gasteiger partial charge >= 0.3 is 0 Å². The van der Waals surface area contributed by atoms with Gasteiger partial charge in [-0.15, -0.1) is 0 Å². The van der Waals surface area contributed by atoms with E-state index >= 15 is 0 Å². The first kappa shape index (κ1) is 11.0. The number of hydrogen-bond acceptors (Lipinski definition) is 3. The molecule has 3 heteroatoms. The van der Waals surface area contributed by atoms with Gasteiger partial charge in [0.2, 0.25) is 0 Å². The second-order valence-corrected chi connectivity index (χ2v) is 3.29. The van der Waals surface area contributed by atoms with Gasteiger partial charge in [-0.25, -0.2) is 0 Å². The molecule has 14 heavy (non-hydrogen) atoms. The third-order valence-electron chi connectivity index (χ3n) is 2.18. The van der Waals surface area contributed by atoms with E-state index < -0.39 is 0 Å². The lowest BCUT2D eigenvalue weighted by Crippen LogP contribution is -2.25. The highest BCUT2D eigenvalue weighted by Crippen LogP contribution is 2.21. The van der Waals surface area contributed by atoms with Crippen molar-refractivity contribution in [3.8, 4) is 5.75 Å². The fourth-order valence-corrected chi connectivity index (χ4v) is 1.45. The Balaban J connectivity index is 2.84. The molecule has 0 aliphatic carbocycles. The van der Waals surface area contributed by atoms with E-state index in [1.165, 1.54) is 0 Å². The molecule has 1 rings (SSSR count). The standard InChI is InChI=1S/C11H17NO2/c1-8(12)11(14-3)9-4-6-10(13-2)7-5-9/h4-8,11H,12H2,1-3H3/t8-,11-/m0/s1. The molecule has 0 heterocycles. The maximum atomic E-state index is 5.79. The number of ether oxygens (including phenoxy) is 2. The van der Waals surface area contributed by atoms with E-state index in [4.69, 9.17) is 15.2 Å². The first-order chi connectivity index (χ1) is 6.69. The predicted molar refractivity (Wildman–Crippen MR) is 56.4 cm³/mol. The predicted octanol–water partition coefficient (Wildman–Crippen LogP) is 1.73. The second-order valence-electron chi connectivity index (χ2n) is 3.29. The summed E-state index contributed by atoms with van der Waals surface area (Å²) in [6, 6.07) is 7.73. The van der Waals surface area contributed by atoms with Crippen molar-refractivity contribution < 1.29 is 9.47 Å². The largest absolute Gasteiger partial charge is 0.497 e.